The number of hydrogen-bond acceptors (Lipinski definition) is 5. The van der Waals surface area contributed by atoms with E-state index in [9.17, 15) is 9.18 Å². The molecule has 0 aromatic heterocycles. The van der Waals surface area contributed by atoms with Gasteiger partial charge in [-0.05, 0) is 55.2 Å². The summed E-state index contributed by atoms with van der Waals surface area (Å²) in [6, 6.07) is 19.7. The van der Waals surface area contributed by atoms with Crippen molar-refractivity contribution >= 4 is 17.2 Å². The molecule has 0 unspecified atom stereocenters. The zero-order valence-electron chi connectivity index (χ0n) is 19.2. The van der Waals surface area contributed by atoms with Crippen molar-refractivity contribution in [1.82, 2.24) is 0 Å². The lowest BCUT2D eigenvalue weighted by Crippen LogP contribution is -2.27. The summed E-state index contributed by atoms with van der Waals surface area (Å²) >= 11 is 0. The van der Waals surface area contributed by atoms with Crippen molar-refractivity contribution in [1.29, 1.82) is 0 Å². The highest BCUT2D eigenvalue weighted by molar-refractivity contribution is 6.01. The molecule has 0 saturated carbocycles. The van der Waals surface area contributed by atoms with Gasteiger partial charge in [0, 0.05) is 23.3 Å². The first kappa shape index (κ1) is 22.0. The summed E-state index contributed by atoms with van der Waals surface area (Å²) in [5.74, 6) is 0.963. The molecule has 2 aliphatic rings. The van der Waals surface area contributed by atoms with Crippen LogP contribution >= 0.6 is 0 Å². The number of para-hydroxylation sites is 2. The minimum atomic E-state index is -0.573. The molecule has 1 heterocycles. The number of hydrogen-bond donors (Lipinski definition) is 2. The average Bonchev–Trinajstić information content (AvgIpc) is 3.01. The molecule has 0 amide bonds. The molecule has 2 atom stereocenters. The Morgan fingerprint density at radius 1 is 0.971 bits per heavy atom. The Balaban J connectivity index is 1.57. The summed E-state index contributed by atoms with van der Waals surface area (Å²) < 4.78 is 26.1. The lowest BCUT2D eigenvalue weighted by atomic mass is 9.78. The normalized spacial score (nSPS) is 19.3. The molecule has 1 aliphatic heterocycles. The number of ether oxygens (including phenoxy) is 2. The third kappa shape index (κ3) is 4.00. The molecule has 0 bridgehead atoms. The largest absolute Gasteiger partial charge is 0.493 e. The van der Waals surface area contributed by atoms with Gasteiger partial charge in [-0.2, -0.15) is 0 Å². The third-order valence-electron chi connectivity index (χ3n) is 6.48. The van der Waals surface area contributed by atoms with E-state index in [1.807, 2.05) is 49.4 Å². The van der Waals surface area contributed by atoms with Crippen LogP contribution in [0.4, 0.5) is 15.8 Å². The van der Waals surface area contributed by atoms with Crippen LogP contribution in [0.2, 0.25) is 0 Å². The number of fused-ring (bicyclic) bond motifs is 1. The van der Waals surface area contributed by atoms with Gasteiger partial charge in [-0.1, -0.05) is 36.4 Å². The van der Waals surface area contributed by atoms with Crippen molar-refractivity contribution in [3.8, 4) is 11.5 Å². The maximum absolute atomic E-state index is 14.9. The molecule has 1 aliphatic carbocycles. The Morgan fingerprint density at radius 2 is 1.74 bits per heavy atom. The fourth-order valence-electron chi connectivity index (χ4n) is 4.88. The Bertz CT molecular complexity index is 1270. The molecule has 5 rings (SSSR count). The van der Waals surface area contributed by atoms with Gasteiger partial charge < -0.3 is 20.1 Å². The molecule has 6 heteroatoms. The van der Waals surface area contributed by atoms with Gasteiger partial charge in [0.05, 0.1) is 31.1 Å². The number of methoxy groups -OCH3 is 1. The minimum absolute atomic E-state index is 0.000149. The SMILES string of the molecule is CCOc1ccc([C@@H]2CC(=O)C3=C(C2)Nc2ccccc2N[C@H]3c2ccccc2F)cc1OC. The van der Waals surface area contributed by atoms with E-state index in [4.69, 9.17) is 9.47 Å². The van der Waals surface area contributed by atoms with E-state index in [0.717, 1.165) is 22.6 Å². The number of carbonyl (C=O) groups excluding carboxylic acids is 1. The van der Waals surface area contributed by atoms with Crippen LogP contribution in [0.1, 0.15) is 42.9 Å². The highest BCUT2D eigenvalue weighted by atomic mass is 19.1. The van der Waals surface area contributed by atoms with Gasteiger partial charge in [0.1, 0.15) is 5.82 Å². The van der Waals surface area contributed by atoms with Gasteiger partial charge in [-0.15, -0.1) is 0 Å². The summed E-state index contributed by atoms with van der Waals surface area (Å²) in [4.78, 5) is 13.6. The lowest BCUT2D eigenvalue weighted by Gasteiger charge is -2.30. The summed E-state index contributed by atoms with van der Waals surface area (Å²) in [6.45, 7) is 2.47. The van der Waals surface area contributed by atoms with Gasteiger partial charge in [0.25, 0.3) is 0 Å². The fourth-order valence-corrected chi connectivity index (χ4v) is 4.88. The number of benzene rings is 3. The Hall–Kier alpha value is -3.80. The van der Waals surface area contributed by atoms with Crippen LogP contribution in [0.25, 0.3) is 0 Å². The second-order valence-electron chi connectivity index (χ2n) is 8.53. The molecule has 0 spiro atoms. The molecule has 3 aromatic carbocycles. The van der Waals surface area contributed by atoms with Gasteiger partial charge in [-0.25, -0.2) is 4.39 Å². The van der Waals surface area contributed by atoms with Crippen molar-refractivity contribution in [2.75, 3.05) is 24.4 Å². The molecule has 2 N–H and O–H groups in total. The zero-order valence-corrected chi connectivity index (χ0v) is 19.2. The zero-order chi connectivity index (χ0) is 23.7. The monoisotopic (exact) mass is 458 g/mol. The number of rotatable bonds is 5. The van der Waals surface area contributed by atoms with E-state index in [-0.39, 0.29) is 17.5 Å². The maximum atomic E-state index is 14.9. The maximum Gasteiger partial charge on any atom is 0.163 e. The van der Waals surface area contributed by atoms with Crippen LogP contribution < -0.4 is 20.1 Å². The molecule has 34 heavy (non-hydrogen) atoms. The smallest absolute Gasteiger partial charge is 0.163 e. The van der Waals surface area contributed by atoms with Crippen LogP contribution in [-0.4, -0.2) is 19.5 Å². The number of nitrogens with one attached hydrogen (secondary N) is 2. The van der Waals surface area contributed by atoms with Crippen LogP contribution in [0.5, 0.6) is 11.5 Å². The molecule has 0 fully saturated rings. The number of carbonyl (C=O) groups is 1. The fraction of sp³-hybridized carbons (Fsp3) is 0.250. The predicted octanol–water partition coefficient (Wildman–Crippen LogP) is 6.21. The van der Waals surface area contributed by atoms with E-state index < -0.39 is 6.04 Å². The third-order valence-corrected chi connectivity index (χ3v) is 6.48. The van der Waals surface area contributed by atoms with Gasteiger partial charge in [0.15, 0.2) is 17.3 Å². The first-order valence-electron chi connectivity index (χ1n) is 11.5. The highest BCUT2D eigenvalue weighted by Crippen LogP contribution is 2.45. The quantitative estimate of drug-likeness (QED) is 0.476. The van der Waals surface area contributed by atoms with Crippen molar-refractivity contribution < 1.29 is 18.7 Å². The Kier molecular flexibility index (Phi) is 5.97. The van der Waals surface area contributed by atoms with Crippen LogP contribution in [0, 0.1) is 5.82 Å². The summed E-state index contributed by atoms with van der Waals surface area (Å²) in [5, 5.41) is 6.91. The predicted molar refractivity (Wildman–Crippen MR) is 131 cm³/mol. The highest BCUT2D eigenvalue weighted by Gasteiger charge is 2.37. The van der Waals surface area contributed by atoms with Gasteiger partial charge in [0.2, 0.25) is 0 Å². The molecule has 174 valence electrons. The van der Waals surface area contributed by atoms with Crippen LogP contribution in [0.3, 0.4) is 0 Å². The van der Waals surface area contributed by atoms with Crippen LogP contribution in [-0.2, 0) is 4.79 Å². The number of ketones is 1. The van der Waals surface area contributed by atoms with Gasteiger partial charge in [-0.3, -0.25) is 4.79 Å². The molecular formula is C28H27FN2O3. The first-order chi connectivity index (χ1) is 16.6. The number of Topliss-reactive ketones (excluding diaryl/α,β-unsaturated/α-hetero) is 1. The van der Waals surface area contributed by atoms with Crippen LogP contribution in [0.15, 0.2) is 78.0 Å². The molecule has 0 radical (unpaired) electrons. The van der Waals surface area contributed by atoms with Gasteiger partial charge >= 0.3 is 0 Å². The topological polar surface area (TPSA) is 59.6 Å². The van der Waals surface area contributed by atoms with Crippen molar-refractivity contribution in [3.05, 3.63) is 94.9 Å². The average molecular weight is 459 g/mol. The second kappa shape index (κ2) is 9.21. The minimum Gasteiger partial charge on any atom is -0.493 e. The van der Waals surface area contributed by atoms with Crippen molar-refractivity contribution in [2.24, 2.45) is 0 Å². The van der Waals surface area contributed by atoms with E-state index >= 15 is 0 Å². The number of halogens is 1. The number of anilines is 2. The second-order valence-corrected chi connectivity index (χ2v) is 8.53. The summed E-state index contributed by atoms with van der Waals surface area (Å²) in [6.07, 6.45) is 0.958. The lowest BCUT2D eigenvalue weighted by molar-refractivity contribution is -0.116. The van der Waals surface area contributed by atoms with E-state index in [2.05, 4.69) is 10.6 Å². The standard InChI is InChI=1S/C28H27FN2O3/c1-3-34-25-13-12-17(16-26(25)33-2)18-14-23-27(24(32)15-18)28(19-8-4-5-9-20(19)29)31-22-11-7-6-10-21(22)30-23/h4-13,16,18,28,30-31H,3,14-15H2,1-2H3/t18-,28-/m0/s1. The van der Waals surface area contributed by atoms with E-state index in [1.165, 1.54) is 6.07 Å². The molecule has 3 aromatic rings. The van der Waals surface area contributed by atoms with Crippen molar-refractivity contribution in [3.63, 3.8) is 0 Å². The Labute approximate surface area is 198 Å². The molecular weight excluding hydrogens is 431 g/mol. The summed E-state index contributed by atoms with van der Waals surface area (Å²) in [5.41, 5.74) is 4.58. The molecule has 0 saturated heterocycles. The Morgan fingerprint density at radius 3 is 2.50 bits per heavy atom. The van der Waals surface area contributed by atoms with Crippen molar-refractivity contribution in [2.45, 2.75) is 31.7 Å². The van der Waals surface area contributed by atoms with E-state index in [0.29, 0.717) is 42.1 Å². The first-order valence-corrected chi connectivity index (χ1v) is 11.5. The number of allylic oxidation sites excluding steroid dienone is 1. The van der Waals surface area contributed by atoms with E-state index in [1.54, 1.807) is 25.3 Å². The molecule has 5 nitrogen and oxygen atoms in total. The summed E-state index contributed by atoms with van der Waals surface area (Å²) in [7, 11) is 1.61.